The van der Waals surface area contributed by atoms with Gasteiger partial charge in [-0.2, -0.15) is 0 Å². The number of halogens is 1. The van der Waals surface area contributed by atoms with E-state index in [0.29, 0.717) is 17.3 Å². The second-order valence-electron chi connectivity index (χ2n) is 5.83. The van der Waals surface area contributed by atoms with Crippen molar-refractivity contribution in [2.24, 2.45) is 0 Å². The quantitative estimate of drug-likeness (QED) is 0.628. The Kier molecular flexibility index (Phi) is 5.25. The van der Waals surface area contributed by atoms with Gasteiger partial charge in [-0.05, 0) is 49.1 Å². The number of amides is 1. The summed E-state index contributed by atoms with van der Waals surface area (Å²) in [7, 11) is 0. The molecule has 0 atom stereocenters. The van der Waals surface area contributed by atoms with Crippen LogP contribution in [0.4, 0.5) is 5.69 Å². The highest BCUT2D eigenvalue weighted by atomic mass is 35.5. The van der Waals surface area contributed by atoms with Crippen LogP contribution in [0.25, 0.3) is 10.8 Å². The predicted molar refractivity (Wildman–Crippen MR) is 104 cm³/mol. The van der Waals surface area contributed by atoms with Crippen molar-refractivity contribution in [3.05, 3.63) is 71.2 Å². The Morgan fingerprint density at radius 2 is 1.84 bits per heavy atom. The molecular weight excluding hydrogens is 334 g/mol. The Morgan fingerprint density at radius 3 is 2.60 bits per heavy atom. The van der Waals surface area contributed by atoms with Crippen LogP contribution in [-0.2, 0) is 4.79 Å². The molecular formula is C21H20ClNO2. The lowest BCUT2D eigenvalue weighted by Crippen LogP contribution is -2.35. The van der Waals surface area contributed by atoms with E-state index in [0.717, 1.165) is 22.0 Å². The van der Waals surface area contributed by atoms with E-state index in [9.17, 15) is 4.79 Å². The molecule has 3 aromatic rings. The van der Waals surface area contributed by atoms with E-state index >= 15 is 0 Å². The van der Waals surface area contributed by atoms with E-state index < -0.39 is 0 Å². The Labute approximate surface area is 152 Å². The van der Waals surface area contributed by atoms with Gasteiger partial charge in [0.25, 0.3) is 5.91 Å². The number of hydrogen-bond donors (Lipinski definition) is 0. The van der Waals surface area contributed by atoms with Gasteiger partial charge in [0, 0.05) is 17.0 Å². The van der Waals surface area contributed by atoms with Crippen molar-refractivity contribution in [3.63, 3.8) is 0 Å². The van der Waals surface area contributed by atoms with Crippen LogP contribution in [0, 0.1) is 6.92 Å². The standard InChI is InChI=1S/C21H20ClNO2/c1-3-23(19-10-6-8-16-7-4-5-9-18(16)19)21(24)14-25-20-12-11-17(22)13-15(20)2/h4-13H,3,14H2,1-2H3. The largest absolute Gasteiger partial charge is 0.483 e. The molecule has 3 nitrogen and oxygen atoms in total. The average Bonchev–Trinajstić information content (AvgIpc) is 2.62. The number of aryl methyl sites for hydroxylation is 1. The molecule has 1 amide bonds. The first-order chi connectivity index (χ1) is 12.1. The third kappa shape index (κ3) is 3.77. The molecule has 4 heteroatoms. The number of fused-ring (bicyclic) bond motifs is 1. The zero-order chi connectivity index (χ0) is 17.8. The third-order valence-electron chi connectivity index (χ3n) is 4.16. The lowest BCUT2D eigenvalue weighted by Gasteiger charge is -2.23. The Balaban J connectivity index is 1.81. The van der Waals surface area contributed by atoms with Gasteiger partial charge in [-0.15, -0.1) is 0 Å². The molecule has 0 aliphatic carbocycles. The topological polar surface area (TPSA) is 29.5 Å². The Bertz CT molecular complexity index is 902. The number of likely N-dealkylation sites (N-methyl/N-ethyl adjacent to an activating group) is 1. The van der Waals surface area contributed by atoms with Gasteiger partial charge in [-0.3, -0.25) is 4.79 Å². The first kappa shape index (κ1) is 17.3. The summed E-state index contributed by atoms with van der Waals surface area (Å²) in [4.78, 5) is 14.5. The number of nitrogens with zero attached hydrogens (tertiary/aromatic N) is 1. The summed E-state index contributed by atoms with van der Waals surface area (Å²) in [6.45, 7) is 4.44. The van der Waals surface area contributed by atoms with Crippen molar-refractivity contribution in [3.8, 4) is 5.75 Å². The number of rotatable bonds is 5. The number of benzene rings is 3. The van der Waals surface area contributed by atoms with Gasteiger partial charge in [0.2, 0.25) is 0 Å². The summed E-state index contributed by atoms with van der Waals surface area (Å²) in [5.41, 5.74) is 1.82. The number of ether oxygens (including phenoxy) is 1. The Hall–Kier alpha value is -2.52. The molecule has 0 aromatic heterocycles. The number of hydrogen-bond acceptors (Lipinski definition) is 2. The molecule has 0 fully saturated rings. The van der Waals surface area contributed by atoms with Crippen molar-refractivity contribution in [2.45, 2.75) is 13.8 Å². The maximum Gasteiger partial charge on any atom is 0.264 e. The minimum Gasteiger partial charge on any atom is -0.483 e. The van der Waals surface area contributed by atoms with Crippen molar-refractivity contribution >= 4 is 34.0 Å². The lowest BCUT2D eigenvalue weighted by molar-refractivity contribution is -0.120. The van der Waals surface area contributed by atoms with Gasteiger partial charge < -0.3 is 9.64 Å². The van der Waals surface area contributed by atoms with Crippen molar-refractivity contribution < 1.29 is 9.53 Å². The van der Waals surface area contributed by atoms with Crippen LogP contribution in [0.2, 0.25) is 5.02 Å². The van der Waals surface area contributed by atoms with E-state index in [4.69, 9.17) is 16.3 Å². The number of anilines is 1. The molecule has 128 valence electrons. The summed E-state index contributed by atoms with van der Waals surface area (Å²) in [6.07, 6.45) is 0. The first-order valence-corrected chi connectivity index (χ1v) is 8.65. The highest BCUT2D eigenvalue weighted by Gasteiger charge is 2.17. The summed E-state index contributed by atoms with van der Waals surface area (Å²) in [6, 6.07) is 19.4. The molecule has 0 saturated carbocycles. The fourth-order valence-corrected chi connectivity index (χ4v) is 3.14. The molecule has 0 radical (unpaired) electrons. The van der Waals surface area contributed by atoms with Crippen LogP contribution in [0.15, 0.2) is 60.7 Å². The van der Waals surface area contributed by atoms with E-state index in [1.165, 1.54) is 0 Å². The zero-order valence-corrected chi connectivity index (χ0v) is 15.1. The normalized spacial score (nSPS) is 10.7. The van der Waals surface area contributed by atoms with E-state index in [2.05, 4.69) is 0 Å². The summed E-state index contributed by atoms with van der Waals surface area (Å²) in [5.74, 6) is 0.597. The molecule has 0 spiro atoms. The smallest absolute Gasteiger partial charge is 0.264 e. The molecule has 0 aliphatic heterocycles. The van der Waals surface area contributed by atoms with E-state index in [-0.39, 0.29) is 12.5 Å². The molecule has 0 unspecified atom stereocenters. The average molecular weight is 354 g/mol. The van der Waals surface area contributed by atoms with Crippen LogP contribution in [0.1, 0.15) is 12.5 Å². The van der Waals surface area contributed by atoms with Crippen LogP contribution in [0.5, 0.6) is 5.75 Å². The maximum atomic E-state index is 12.7. The molecule has 3 aromatic carbocycles. The fourth-order valence-electron chi connectivity index (χ4n) is 2.92. The molecule has 0 aliphatic rings. The second kappa shape index (κ2) is 7.58. The fraction of sp³-hybridized carbons (Fsp3) is 0.190. The molecule has 0 saturated heterocycles. The molecule has 3 rings (SSSR count). The third-order valence-corrected chi connectivity index (χ3v) is 4.40. The maximum absolute atomic E-state index is 12.7. The van der Waals surface area contributed by atoms with Gasteiger partial charge in [0.05, 0.1) is 5.69 Å². The van der Waals surface area contributed by atoms with Crippen molar-refractivity contribution in [1.29, 1.82) is 0 Å². The van der Waals surface area contributed by atoms with Crippen molar-refractivity contribution in [1.82, 2.24) is 0 Å². The van der Waals surface area contributed by atoms with Crippen molar-refractivity contribution in [2.75, 3.05) is 18.1 Å². The zero-order valence-electron chi connectivity index (χ0n) is 14.3. The van der Waals surface area contributed by atoms with Gasteiger partial charge >= 0.3 is 0 Å². The van der Waals surface area contributed by atoms with Crippen LogP contribution >= 0.6 is 11.6 Å². The number of carbonyl (C=O) groups is 1. The minimum absolute atomic E-state index is 0.0144. The summed E-state index contributed by atoms with van der Waals surface area (Å²) >= 11 is 5.96. The minimum atomic E-state index is -0.0757. The van der Waals surface area contributed by atoms with Gasteiger partial charge in [0.15, 0.2) is 6.61 Å². The highest BCUT2D eigenvalue weighted by molar-refractivity contribution is 6.30. The second-order valence-corrected chi connectivity index (χ2v) is 6.27. The van der Waals surface area contributed by atoms with E-state index in [1.54, 1.807) is 17.0 Å². The SMILES string of the molecule is CCN(C(=O)COc1ccc(Cl)cc1C)c1cccc2ccccc12. The van der Waals surface area contributed by atoms with Gasteiger partial charge in [0.1, 0.15) is 5.75 Å². The van der Waals surface area contributed by atoms with Crippen LogP contribution in [-0.4, -0.2) is 19.1 Å². The van der Waals surface area contributed by atoms with E-state index in [1.807, 2.05) is 62.4 Å². The number of carbonyl (C=O) groups excluding carboxylic acids is 1. The highest BCUT2D eigenvalue weighted by Crippen LogP contribution is 2.27. The lowest BCUT2D eigenvalue weighted by atomic mass is 10.1. The monoisotopic (exact) mass is 353 g/mol. The van der Waals surface area contributed by atoms with Gasteiger partial charge in [-0.1, -0.05) is 48.0 Å². The summed E-state index contributed by atoms with van der Waals surface area (Å²) in [5, 5.41) is 2.82. The molecule has 25 heavy (non-hydrogen) atoms. The van der Waals surface area contributed by atoms with Crippen LogP contribution in [0.3, 0.4) is 0 Å². The molecule has 0 N–H and O–H groups in total. The molecule has 0 heterocycles. The first-order valence-electron chi connectivity index (χ1n) is 8.27. The molecule has 0 bridgehead atoms. The predicted octanol–water partition coefficient (Wildman–Crippen LogP) is 5.23. The van der Waals surface area contributed by atoms with Crippen LogP contribution < -0.4 is 9.64 Å². The summed E-state index contributed by atoms with van der Waals surface area (Å²) < 4.78 is 5.72. The Morgan fingerprint density at radius 1 is 1.08 bits per heavy atom. The van der Waals surface area contributed by atoms with Gasteiger partial charge in [-0.25, -0.2) is 0 Å².